The molecule has 5 heteroatoms. The van der Waals surface area contributed by atoms with Gasteiger partial charge in [-0.15, -0.1) is 0 Å². The summed E-state index contributed by atoms with van der Waals surface area (Å²) >= 11 is 0. The van der Waals surface area contributed by atoms with Crippen molar-refractivity contribution in [3.63, 3.8) is 0 Å². The van der Waals surface area contributed by atoms with E-state index in [0.717, 1.165) is 12.8 Å². The number of hydrogen-bond donors (Lipinski definition) is 2. The summed E-state index contributed by atoms with van der Waals surface area (Å²) in [6.45, 7) is 4.88. The van der Waals surface area contributed by atoms with Crippen LogP contribution in [0.25, 0.3) is 0 Å². The van der Waals surface area contributed by atoms with Crippen LogP contribution in [-0.2, 0) is 4.79 Å². The summed E-state index contributed by atoms with van der Waals surface area (Å²) in [5.74, 6) is 0.301. The summed E-state index contributed by atoms with van der Waals surface area (Å²) in [7, 11) is 0. The zero-order valence-electron chi connectivity index (χ0n) is 10.4. The van der Waals surface area contributed by atoms with E-state index in [0.29, 0.717) is 18.9 Å². The van der Waals surface area contributed by atoms with Gasteiger partial charge >= 0.3 is 0 Å². The Morgan fingerprint density at radius 3 is 2.59 bits per heavy atom. The van der Waals surface area contributed by atoms with Crippen molar-refractivity contribution in [2.24, 2.45) is 11.1 Å². The molecule has 0 fully saturated rings. The van der Waals surface area contributed by atoms with E-state index in [1.165, 1.54) is 0 Å². The summed E-state index contributed by atoms with van der Waals surface area (Å²) in [6, 6.07) is 1.71. The fourth-order valence-corrected chi connectivity index (χ4v) is 1.52. The van der Waals surface area contributed by atoms with Crippen molar-refractivity contribution in [2.45, 2.75) is 33.1 Å². The Hall–Kier alpha value is -1.49. The van der Waals surface area contributed by atoms with Gasteiger partial charge in [0.05, 0.1) is 0 Å². The Kier molecular flexibility index (Phi) is 5.03. The molecule has 0 saturated heterocycles. The second kappa shape index (κ2) is 6.30. The SMILES string of the molecule is CC(C)(CCN)CCC(=O)Nc1ncccn1. The van der Waals surface area contributed by atoms with E-state index in [1.54, 1.807) is 18.5 Å². The summed E-state index contributed by atoms with van der Waals surface area (Å²) in [5.41, 5.74) is 5.62. The first-order valence-electron chi connectivity index (χ1n) is 5.80. The normalized spacial score (nSPS) is 11.2. The van der Waals surface area contributed by atoms with Gasteiger partial charge in [0.15, 0.2) is 0 Å². The first kappa shape index (κ1) is 13.6. The van der Waals surface area contributed by atoms with Crippen molar-refractivity contribution < 1.29 is 4.79 Å². The highest BCUT2D eigenvalue weighted by atomic mass is 16.1. The van der Waals surface area contributed by atoms with Crippen LogP contribution >= 0.6 is 0 Å². The van der Waals surface area contributed by atoms with Crippen LogP contribution in [-0.4, -0.2) is 22.4 Å². The van der Waals surface area contributed by atoms with E-state index in [9.17, 15) is 4.79 Å². The minimum Gasteiger partial charge on any atom is -0.330 e. The van der Waals surface area contributed by atoms with Gasteiger partial charge in [-0.05, 0) is 30.9 Å². The van der Waals surface area contributed by atoms with Gasteiger partial charge in [-0.25, -0.2) is 9.97 Å². The number of nitrogens with zero attached hydrogens (tertiary/aromatic N) is 2. The molecule has 0 bridgehead atoms. The molecule has 1 heterocycles. The highest BCUT2D eigenvalue weighted by molar-refractivity contribution is 5.88. The largest absolute Gasteiger partial charge is 0.330 e. The molecule has 0 spiro atoms. The van der Waals surface area contributed by atoms with E-state index in [4.69, 9.17) is 5.73 Å². The van der Waals surface area contributed by atoms with E-state index in [1.807, 2.05) is 0 Å². The lowest BCUT2D eigenvalue weighted by Crippen LogP contribution is -2.21. The quantitative estimate of drug-likeness (QED) is 0.785. The number of carbonyl (C=O) groups is 1. The number of anilines is 1. The van der Waals surface area contributed by atoms with Gasteiger partial charge in [-0.1, -0.05) is 13.8 Å². The van der Waals surface area contributed by atoms with Gasteiger partial charge in [-0.3, -0.25) is 10.1 Å². The molecule has 94 valence electrons. The topological polar surface area (TPSA) is 80.9 Å². The van der Waals surface area contributed by atoms with Crippen LogP contribution in [0.1, 0.15) is 33.1 Å². The number of amides is 1. The van der Waals surface area contributed by atoms with Crippen molar-refractivity contribution in [2.75, 3.05) is 11.9 Å². The molecule has 17 heavy (non-hydrogen) atoms. The molecular weight excluding hydrogens is 216 g/mol. The average molecular weight is 236 g/mol. The molecule has 0 aliphatic carbocycles. The predicted molar refractivity (Wildman–Crippen MR) is 67.3 cm³/mol. The lowest BCUT2D eigenvalue weighted by Gasteiger charge is -2.23. The molecule has 0 aliphatic rings. The number of aromatic nitrogens is 2. The van der Waals surface area contributed by atoms with Gasteiger partial charge in [0.1, 0.15) is 0 Å². The molecule has 0 unspecified atom stereocenters. The maximum atomic E-state index is 11.6. The smallest absolute Gasteiger partial charge is 0.229 e. The van der Waals surface area contributed by atoms with Crippen LogP contribution in [0.15, 0.2) is 18.5 Å². The Morgan fingerprint density at radius 1 is 1.35 bits per heavy atom. The number of hydrogen-bond acceptors (Lipinski definition) is 4. The van der Waals surface area contributed by atoms with Crippen molar-refractivity contribution in [1.82, 2.24) is 9.97 Å². The fraction of sp³-hybridized carbons (Fsp3) is 0.583. The molecule has 5 nitrogen and oxygen atoms in total. The van der Waals surface area contributed by atoms with E-state index in [2.05, 4.69) is 29.1 Å². The first-order chi connectivity index (χ1) is 8.03. The monoisotopic (exact) mass is 236 g/mol. The van der Waals surface area contributed by atoms with Gasteiger partial charge in [0.25, 0.3) is 0 Å². The van der Waals surface area contributed by atoms with Crippen LogP contribution in [0.3, 0.4) is 0 Å². The minimum atomic E-state index is -0.0544. The van der Waals surface area contributed by atoms with Crippen LogP contribution < -0.4 is 11.1 Å². The van der Waals surface area contributed by atoms with Gasteiger partial charge < -0.3 is 5.73 Å². The Labute approximate surface area is 102 Å². The van der Waals surface area contributed by atoms with Crippen molar-refractivity contribution in [1.29, 1.82) is 0 Å². The molecule has 1 rings (SSSR count). The van der Waals surface area contributed by atoms with Crippen LogP contribution in [0, 0.1) is 5.41 Å². The highest BCUT2D eigenvalue weighted by Crippen LogP contribution is 2.25. The number of carbonyl (C=O) groups excluding carboxylic acids is 1. The fourth-order valence-electron chi connectivity index (χ4n) is 1.52. The molecule has 3 N–H and O–H groups in total. The third kappa shape index (κ3) is 5.40. The minimum absolute atomic E-state index is 0.0544. The molecule has 1 amide bonds. The third-order valence-electron chi connectivity index (χ3n) is 2.67. The van der Waals surface area contributed by atoms with Crippen LogP contribution in [0.5, 0.6) is 0 Å². The number of nitrogens with one attached hydrogen (secondary N) is 1. The maximum Gasteiger partial charge on any atom is 0.229 e. The lowest BCUT2D eigenvalue weighted by molar-refractivity contribution is -0.116. The molecule has 0 aromatic carbocycles. The molecule has 1 aromatic heterocycles. The molecule has 0 saturated carbocycles. The van der Waals surface area contributed by atoms with Gasteiger partial charge in [0.2, 0.25) is 11.9 Å². The second-order valence-corrected chi connectivity index (χ2v) is 4.82. The zero-order valence-corrected chi connectivity index (χ0v) is 10.4. The Morgan fingerprint density at radius 2 is 2.00 bits per heavy atom. The maximum absolute atomic E-state index is 11.6. The summed E-state index contributed by atoms with van der Waals surface area (Å²) in [5, 5.41) is 2.66. The second-order valence-electron chi connectivity index (χ2n) is 4.82. The zero-order chi connectivity index (χ0) is 12.7. The molecule has 0 aliphatic heterocycles. The predicted octanol–water partition coefficient (Wildman–Crippen LogP) is 1.57. The molecule has 0 radical (unpaired) electrons. The molecule has 0 atom stereocenters. The van der Waals surface area contributed by atoms with E-state index >= 15 is 0 Å². The average Bonchev–Trinajstić information content (AvgIpc) is 2.28. The Bertz CT molecular complexity index is 351. The van der Waals surface area contributed by atoms with Crippen LogP contribution in [0.4, 0.5) is 5.95 Å². The third-order valence-corrected chi connectivity index (χ3v) is 2.67. The van der Waals surface area contributed by atoms with E-state index < -0.39 is 0 Å². The number of nitrogens with two attached hydrogens (primary N) is 1. The first-order valence-corrected chi connectivity index (χ1v) is 5.80. The van der Waals surface area contributed by atoms with Crippen molar-refractivity contribution in [3.05, 3.63) is 18.5 Å². The van der Waals surface area contributed by atoms with Crippen molar-refractivity contribution >= 4 is 11.9 Å². The standard InChI is InChI=1S/C12H20N4O/c1-12(2,6-7-13)5-4-10(17)16-11-14-8-3-9-15-11/h3,8-9H,4-7,13H2,1-2H3,(H,14,15,16,17). The summed E-state index contributed by atoms with van der Waals surface area (Å²) in [4.78, 5) is 19.5. The molecule has 1 aromatic rings. The highest BCUT2D eigenvalue weighted by Gasteiger charge is 2.18. The summed E-state index contributed by atoms with van der Waals surface area (Å²) in [6.07, 6.45) is 5.39. The Balaban J connectivity index is 2.36. The number of rotatable bonds is 6. The lowest BCUT2D eigenvalue weighted by atomic mass is 9.84. The van der Waals surface area contributed by atoms with Gasteiger partial charge in [-0.2, -0.15) is 0 Å². The van der Waals surface area contributed by atoms with Crippen molar-refractivity contribution in [3.8, 4) is 0 Å². The van der Waals surface area contributed by atoms with Gasteiger partial charge in [0, 0.05) is 18.8 Å². The van der Waals surface area contributed by atoms with E-state index in [-0.39, 0.29) is 11.3 Å². The molecular formula is C12H20N4O. The van der Waals surface area contributed by atoms with Crippen LogP contribution in [0.2, 0.25) is 0 Å². The summed E-state index contributed by atoms with van der Waals surface area (Å²) < 4.78 is 0.